The van der Waals surface area contributed by atoms with Crippen LogP contribution in [-0.4, -0.2) is 54.1 Å². The summed E-state index contributed by atoms with van der Waals surface area (Å²) in [4.78, 5) is 10.7. The van der Waals surface area contributed by atoms with Crippen molar-refractivity contribution in [2.75, 3.05) is 43.1 Å². The van der Waals surface area contributed by atoms with E-state index in [0.717, 1.165) is 63.4 Å². The molecule has 1 saturated heterocycles. The van der Waals surface area contributed by atoms with Crippen LogP contribution in [0.1, 0.15) is 31.4 Å². The Labute approximate surface area is 176 Å². The summed E-state index contributed by atoms with van der Waals surface area (Å²) >= 11 is 0. The maximum atomic E-state index is 14.5. The van der Waals surface area contributed by atoms with E-state index in [4.69, 9.17) is 9.47 Å². The van der Waals surface area contributed by atoms with Gasteiger partial charge in [-0.1, -0.05) is 0 Å². The first-order valence-electron chi connectivity index (χ1n) is 10.6. The van der Waals surface area contributed by atoms with E-state index in [1.54, 1.807) is 6.92 Å². The number of halogens is 1. The number of aryl methyl sites for hydroxylation is 1. The maximum Gasteiger partial charge on any atom is 0.255 e. The number of aliphatic hydroxyl groups excluding tert-OH is 1. The normalized spacial score (nSPS) is 22.0. The summed E-state index contributed by atoms with van der Waals surface area (Å²) in [5, 5.41) is 12.8. The predicted molar refractivity (Wildman–Crippen MR) is 113 cm³/mol. The van der Waals surface area contributed by atoms with Crippen molar-refractivity contribution >= 4 is 17.3 Å². The van der Waals surface area contributed by atoms with Gasteiger partial charge in [0.05, 0.1) is 31.6 Å². The summed E-state index contributed by atoms with van der Waals surface area (Å²) in [7, 11) is 0. The van der Waals surface area contributed by atoms with Crippen molar-refractivity contribution in [3.8, 4) is 5.88 Å². The van der Waals surface area contributed by atoms with Crippen molar-refractivity contribution < 1.29 is 19.0 Å². The molecule has 162 valence electrons. The summed E-state index contributed by atoms with van der Waals surface area (Å²) in [6, 6.07) is 8.00. The van der Waals surface area contributed by atoms with Crippen LogP contribution in [0.5, 0.6) is 5.88 Å². The Balaban J connectivity index is 1.40. The molecule has 2 heterocycles. The molecule has 30 heavy (non-hydrogen) atoms. The van der Waals surface area contributed by atoms with Gasteiger partial charge in [0.15, 0.2) is 0 Å². The van der Waals surface area contributed by atoms with Crippen molar-refractivity contribution in [3.05, 3.63) is 35.8 Å². The first-order valence-corrected chi connectivity index (χ1v) is 10.6. The molecule has 2 aromatic rings. The zero-order valence-corrected chi connectivity index (χ0v) is 17.3. The Morgan fingerprint density at radius 1 is 1.13 bits per heavy atom. The molecule has 0 radical (unpaired) electrons. The highest BCUT2D eigenvalue weighted by Gasteiger charge is 2.21. The van der Waals surface area contributed by atoms with Crippen molar-refractivity contribution in [3.63, 3.8) is 0 Å². The third-order valence-corrected chi connectivity index (χ3v) is 5.76. The van der Waals surface area contributed by atoms with E-state index < -0.39 is 5.82 Å². The molecule has 8 heteroatoms. The molecular weight excluding hydrogens is 387 g/mol. The van der Waals surface area contributed by atoms with E-state index in [0.29, 0.717) is 18.5 Å². The number of anilines is 3. The van der Waals surface area contributed by atoms with Gasteiger partial charge in [0.25, 0.3) is 5.88 Å². The van der Waals surface area contributed by atoms with Gasteiger partial charge >= 0.3 is 0 Å². The molecular formula is C22H29FN4O3. The minimum absolute atomic E-state index is 0.0268. The van der Waals surface area contributed by atoms with E-state index in [1.807, 2.05) is 24.3 Å². The average molecular weight is 416 g/mol. The number of morpholine rings is 1. The highest BCUT2D eigenvalue weighted by molar-refractivity contribution is 5.59. The lowest BCUT2D eigenvalue weighted by atomic mass is 9.88. The number of aliphatic hydroxyl groups is 1. The number of hydrogen-bond donors (Lipinski definition) is 2. The second kappa shape index (κ2) is 9.57. The SMILES string of the molecule is Cc1nc(Nc2ccc(N3CCOCC3)cc2)nc(OC[C@H]2CC[C@H](O)CC2)c1F. The number of benzene rings is 1. The van der Waals surface area contributed by atoms with Gasteiger partial charge in [-0.25, -0.2) is 4.98 Å². The average Bonchev–Trinajstić information content (AvgIpc) is 2.77. The van der Waals surface area contributed by atoms with Gasteiger partial charge in [-0.15, -0.1) is 0 Å². The highest BCUT2D eigenvalue weighted by Crippen LogP contribution is 2.27. The van der Waals surface area contributed by atoms with Gasteiger partial charge in [-0.3, -0.25) is 0 Å². The summed E-state index contributed by atoms with van der Waals surface area (Å²) in [5.41, 5.74) is 2.21. The molecule has 1 aliphatic carbocycles. The first kappa shape index (κ1) is 20.8. The van der Waals surface area contributed by atoms with E-state index in [-0.39, 0.29) is 17.7 Å². The third kappa shape index (κ3) is 5.17. The molecule has 7 nitrogen and oxygen atoms in total. The summed E-state index contributed by atoms with van der Waals surface area (Å²) in [6.07, 6.45) is 3.09. The Morgan fingerprint density at radius 2 is 1.83 bits per heavy atom. The predicted octanol–water partition coefficient (Wildman–Crippen LogP) is 3.43. The van der Waals surface area contributed by atoms with Crippen molar-refractivity contribution in [1.82, 2.24) is 9.97 Å². The number of aromatic nitrogens is 2. The summed E-state index contributed by atoms with van der Waals surface area (Å²) in [5.74, 6) is 0.0643. The molecule has 0 bridgehead atoms. The molecule has 0 amide bonds. The second-order valence-corrected chi connectivity index (χ2v) is 8.01. The number of nitrogens with one attached hydrogen (secondary N) is 1. The van der Waals surface area contributed by atoms with E-state index in [1.165, 1.54) is 0 Å². The minimum atomic E-state index is -0.529. The van der Waals surface area contributed by atoms with Gasteiger partial charge in [-0.05, 0) is 62.8 Å². The van der Waals surface area contributed by atoms with E-state index in [2.05, 4.69) is 20.2 Å². The van der Waals surface area contributed by atoms with E-state index >= 15 is 0 Å². The van der Waals surface area contributed by atoms with Gasteiger partial charge in [0.1, 0.15) is 0 Å². The van der Waals surface area contributed by atoms with Crippen LogP contribution < -0.4 is 15.0 Å². The molecule has 2 aliphatic rings. The smallest absolute Gasteiger partial charge is 0.255 e. The van der Waals surface area contributed by atoms with Crippen LogP contribution in [-0.2, 0) is 4.74 Å². The fourth-order valence-corrected chi connectivity index (χ4v) is 3.90. The Hall–Kier alpha value is -2.45. The van der Waals surface area contributed by atoms with Crippen LogP contribution in [0, 0.1) is 18.7 Å². The van der Waals surface area contributed by atoms with Crippen LogP contribution in [0.3, 0.4) is 0 Å². The Bertz CT molecular complexity index is 835. The topological polar surface area (TPSA) is 79.7 Å². The molecule has 1 saturated carbocycles. The van der Waals surface area contributed by atoms with E-state index in [9.17, 15) is 9.50 Å². The van der Waals surface area contributed by atoms with Gasteiger partial charge in [-0.2, -0.15) is 9.37 Å². The van der Waals surface area contributed by atoms with Crippen LogP contribution in [0.2, 0.25) is 0 Å². The first-order chi connectivity index (χ1) is 14.6. The molecule has 4 rings (SSSR count). The zero-order chi connectivity index (χ0) is 20.9. The third-order valence-electron chi connectivity index (χ3n) is 5.76. The van der Waals surface area contributed by atoms with Gasteiger partial charge < -0.3 is 24.8 Å². The van der Waals surface area contributed by atoms with Crippen molar-refractivity contribution in [2.45, 2.75) is 38.7 Å². The van der Waals surface area contributed by atoms with Gasteiger partial charge in [0.2, 0.25) is 11.8 Å². The fraction of sp³-hybridized carbons (Fsp3) is 0.545. The fourth-order valence-electron chi connectivity index (χ4n) is 3.90. The number of nitrogens with zero attached hydrogens (tertiary/aromatic N) is 3. The zero-order valence-electron chi connectivity index (χ0n) is 17.3. The van der Waals surface area contributed by atoms with Crippen LogP contribution >= 0.6 is 0 Å². The molecule has 2 fully saturated rings. The van der Waals surface area contributed by atoms with Gasteiger partial charge in [0, 0.05) is 24.5 Å². The maximum absolute atomic E-state index is 14.5. The standard InChI is InChI=1S/C22H29FN4O3/c1-15-20(23)21(30-14-16-2-8-19(28)9-3-16)26-22(24-15)25-17-4-6-18(7-5-17)27-10-12-29-13-11-27/h4-7,16,19,28H,2-3,8-14H2,1H3,(H,24,25,26)/t16-,19-. The largest absolute Gasteiger partial charge is 0.475 e. The number of hydrogen-bond acceptors (Lipinski definition) is 7. The monoisotopic (exact) mass is 416 g/mol. The number of rotatable bonds is 6. The minimum Gasteiger partial charge on any atom is -0.475 e. The Kier molecular flexibility index (Phi) is 6.64. The highest BCUT2D eigenvalue weighted by atomic mass is 19.1. The van der Waals surface area contributed by atoms with Crippen LogP contribution in [0.15, 0.2) is 24.3 Å². The van der Waals surface area contributed by atoms with Crippen molar-refractivity contribution in [2.24, 2.45) is 5.92 Å². The molecule has 1 aromatic heterocycles. The lowest BCUT2D eigenvalue weighted by Gasteiger charge is -2.28. The molecule has 2 N–H and O–H groups in total. The molecule has 0 atom stereocenters. The molecule has 0 unspecified atom stereocenters. The van der Waals surface area contributed by atoms with Crippen molar-refractivity contribution in [1.29, 1.82) is 0 Å². The molecule has 1 aromatic carbocycles. The lowest BCUT2D eigenvalue weighted by Crippen LogP contribution is -2.36. The second-order valence-electron chi connectivity index (χ2n) is 8.01. The summed E-state index contributed by atoms with van der Waals surface area (Å²) < 4.78 is 25.6. The van der Waals surface area contributed by atoms with Crippen LogP contribution in [0.4, 0.5) is 21.7 Å². The molecule has 1 aliphatic heterocycles. The Morgan fingerprint density at radius 3 is 2.53 bits per heavy atom. The molecule has 0 spiro atoms. The lowest BCUT2D eigenvalue weighted by molar-refractivity contribution is 0.0898. The quantitative estimate of drug-likeness (QED) is 0.747. The van der Waals surface area contributed by atoms with Crippen LogP contribution in [0.25, 0.3) is 0 Å². The number of ether oxygens (including phenoxy) is 2. The summed E-state index contributed by atoms with van der Waals surface area (Å²) in [6.45, 7) is 5.25.